The van der Waals surface area contributed by atoms with Gasteiger partial charge in [0.05, 0.1) is 0 Å². The Kier molecular flexibility index (Phi) is 11.0. The van der Waals surface area contributed by atoms with Crippen LogP contribution in [0.1, 0.15) is 13.8 Å². The Morgan fingerprint density at radius 2 is 1.32 bits per heavy atom. The molecule has 9 nitrogen and oxygen atoms in total. The van der Waals surface area contributed by atoms with Crippen molar-refractivity contribution >= 4 is 17.8 Å². The first-order valence-electron chi connectivity index (χ1n) is 7.32. The van der Waals surface area contributed by atoms with Gasteiger partial charge in [-0.05, 0) is 5.92 Å². The van der Waals surface area contributed by atoms with Crippen LogP contribution in [0.3, 0.4) is 0 Å². The van der Waals surface area contributed by atoms with Gasteiger partial charge in [-0.3, -0.25) is 14.4 Å². The zero-order valence-corrected chi connectivity index (χ0v) is 13.1. The van der Waals surface area contributed by atoms with E-state index in [1.807, 2.05) is 0 Å². The van der Waals surface area contributed by atoms with Crippen molar-refractivity contribution in [3.63, 3.8) is 0 Å². The van der Waals surface area contributed by atoms with Crippen molar-refractivity contribution in [2.75, 3.05) is 39.3 Å². The molecule has 2 aliphatic rings. The van der Waals surface area contributed by atoms with Gasteiger partial charge < -0.3 is 32.1 Å². The first-order chi connectivity index (χ1) is 10.4. The van der Waals surface area contributed by atoms with Crippen LogP contribution in [-0.2, 0) is 14.4 Å². The van der Waals surface area contributed by atoms with Crippen molar-refractivity contribution < 1.29 is 19.5 Å². The summed E-state index contributed by atoms with van der Waals surface area (Å²) in [5.41, 5.74) is 5.16. The molecule has 7 N–H and O–H groups in total. The summed E-state index contributed by atoms with van der Waals surface area (Å²) in [5.74, 6) is -1.97. The topological polar surface area (TPSA) is 146 Å². The largest absolute Gasteiger partial charge is 0.480 e. The van der Waals surface area contributed by atoms with Crippen LogP contribution in [0, 0.1) is 5.92 Å². The van der Waals surface area contributed by atoms with Crippen LogP contribution < -0.4 is 27.0 Å². The lowest BCUT2D eigenvalue weighted by molar-refractivity contribution is -0.140. The number of hydrogen-bond donors (Lipinski definition) is 6. The number of rotatable bonds is 2. The van der Waals surface area contributed by atoms with Gasteiger partial charge in [0, 0.05) is 39.3 Å². The maximum absolute atomic E-state index is 10.3. The fraction of sp³-hybridized carbons (Fsp3) is 0.769. The average molecular weight is 317 g/mol. The molecular formula is C13H27N5O4. The van der Waals surface area contributed by atoms with E-state index < -0.39 is 23.8 Å². The van der Waals surface area contributed by atoms with Crippen molar-refractivity contribution in [3.05, 3.63) is 0 Å². The third-order valence-corrected chi connectivity index (χ3v) is 2.86. The third kappa shape index (κ3) is 10.1. The highest BCUT2D eigenvalue weighted by molar-refractivity contribution is 6.35. The molecular weight excluding hydrogens is 290 g/mol. The van der Waals surface area contributed by atoms with E-state index in [0.717, 1.165) is 26.2 Å². The second kappa shape index (κ2) is 11.9. The van der Waals surface area contributed by atoms with Gasteiger partial charge in [-0.1, -0.05) is 13.8 Å². The molecule has 22 heavy (non-hydrogen) atoms. The highest BCUT2D eigenvalue weighted by Crippen LogP contribution is 1.96. The molecule has 0 bridgehead atoms. The molecule has 0 spiro atoms. The minimum absolute atomic E-state index is 0.0208. The van der Waals surface area contributed by atoms with E-state index in [9.17, 15) is 14.4 Å². The summed E-state index contributed by atoms with van der Waals surface area (Å²) >= 11 is 0. The van der Waals surface area contributed by atoms with Gasteiger partial charge in [0.1, 0.15) is 6.04 Å². The number of carboxylic acids is 1. The summed E-state index contributed by atoms with van der Waals surface area (Å²) in [7, 11) is 0. The standard InChI is InChI=1S/C5H11NO2.C4H6N2O2.C4H10N2/c1-3(2)4(6)5(7)8;7-3-4(8)6-2-1-5-3;1-2-6-4-3-5-1/h3-4H,6H2,1-2H3,(H,7,8);1-2H2,(H,5,7)(H,6,8);5-6H,1-4H2/t4-;;/m0../s1. The molecule has 0 saturated carbocycles. The first-order valence-corrected chi connectivity index (χ1v) is 7.32. The SMILES string of the molecule is C1CNCCN1.CC(C)[C@H](N)C(=O)O.O=C1NCCNC1=O. The summed E-state index contributed by atoms with van der Waals surface area (Å²) in [6.45, 7) is 9.20. The Bertz CT molecular complexity index is 331. The molecule has 2 fully saturated rings. The zero-order chi connectivity index (χ0) is 17.0. The molecule has 2 heterocycles. The predicted molar refractivity (Wildman–Crippen MR) is 82.2 cm³/mol. The molecule has 2 saturated heterocycles. The van der Waals surface area contributed by atoms with E-state index >= 15 is 0 Å². The number of carboxylic acid groups (broad SMARTS) is 1. The second-order valence-electron chi connectivity index (χ2n) is 5.12. The summed E-state index contributed by atoms with van der Waals surface area (Å²) in [6, 6.07) is -0.713. The Labute approximate surface area is 130 Å². The molecule has 128 valence electrons. The predicted octanol–water partition coefficient (Wildman–Crippen LogP) is -2.53. The lowest BCUT2D eigenvalue weighted by atomic mass is 10.1. The minimum atomic E-state index is -0.931. The maximum atomic E-state index is 10.3. The molecule has 0 aromatic carbocycles. The van der Waals surface area contributed by atoms with Crippen molar-refractivity contribution in [2.24, 2.45) is 11.7 Å². The van der Waals surface area contributed by atoms with Gasteiger partial charge >= 0.3 is 17.8 Å². The number of amides is 2. The Morgan fingerprint density at radius 3 is 1.45 bits per heavy atom. The van der Waals surface area contributed by atoms with Crippen LogP contribution in [0.25, 0.3) is 0 Å². The smallest absolute Gasteiger partial charge is 0.320 e. The Balaban J connectivity index is 0.000000304. The van der Waals surface area contributed by atoms with Gasteiger partial charge in [-0.2, -0.15) is 0 Å². The summed E-state index contributed by atoms with van der Waals surface area (Å²) in [5, 5.41) is 19.4. The third-order valence-electron chi connectivity index (χ3n) is 2.86. The molecule has 0 aliphatic carbocycles. The van der Waals surface area contributed by atoms with E-state index in [-0.39, 0.29) is 5.92 Å². The van der Waals surface area contributed by atoms with E-state index in [1.165, 1.54) is 0 Å². The second-order valence-corrected chi connectivity index (χ2v) is 5.12. The van der Waals surface area contributed by atoms with Crippen LogP contribution in [0.15, 0.2) is 0 Å². The highest BCUT2D eigenvalue weighted by Gasteiger charge is 2.15. The van der Waals surface area contributed by atoms with Gasteiger partial charge in [-0.25, -0.2) is 0 Å². The Hall–Kier alpha value is -1.71. The monoisotopic (exact) mass is 317 g/mol. The molecule has 2 rings (SSSR count). The van der Waals surface area contributed by atoms with Crippen LogP contribution in [-0.4, -0.2) is 68.2 Å². The number of carbonyl (C=O) groups excluding carboxylic acids is 2. The van der Waals surface area contributed by atoms with Crippen molar-refractivity contribution in [3.8, 4) is 0 Å². The van der Waals surface area contributed by atoms with Crippen molar-refractivity contribution in [2.45, 2.75) is 19.9 Å². The first kappa shape index (κ1) is 20.3. The molecule has 0 unspecified atom stereocenters. The average Bonchev–Trinajstić information content (AvgIpc) is 2.52. The minimum Gasteiger partial charge on any atom is -0.480 e. The number of nitrogens with one attached hydrogen (secondary N) is 4. The van der Waals surface area contributed by atoms with Gasteiger partial charge in [0.25, 0.3) is 0 Å². The van der Waals surface area contributed by atoms with E-state index in [1.54, 1.807) is 13.8 Å². The van der Waals surface area contributed by atoms with E-state index in [2.05, 4.69) is 21.3 Å². The van der Waals surface area contributed by atoms with E-state index in [4.69, 9.17) is 10.8 Å². The molecule has 0 aromatic heterocycles. The number of piperazine rings is 2. The normalized spacial score (nSPS) is 18.7. The molecule has 1 atom stereocenters. The lowest BCUT2D eigenvalue weighted by Gasteiger charge is -2.11. The number of hydrogen-bond acceptors (Lipinski definition) is 6. The zero-order valence-electron chi connectivity index (χ0n) is 13.1. The fourth-order valence-corrected chi connectivity index (χ4v) is 1.40. The summed E-state index contributed by atoms with van der Waals surface area (Å²) < 4.78 is 0. The number of aliphatic carboxylic acids is 1. The van der Waals surface area contributed by atoms with Gasteiger partial charge in [0.2, 0.25) is 0 Å². The molecule has 9 heteroatoms. The van der Waals surface area contributed by atoms with Crippen LogP contribution in [0.4, 0.5) is 0 Å². The van der Waals surface area contributed by atoms with Crippen LogP contribution >= 0.6 is 0 Å². The van der Waals surface area contributed by atoms with Crippen LogP contribution in [0.2, 0.25) is 0 Å². The van der Waals surface area contributed by atoms with Crippen LogP contribution in [0.5, 0.6) is 0 Å². The summed E-state index contributed by atoms with van der Waals surface area (Å²) in [4.78, 5) is 30.6. The molecule has 0 radical (unpaired) electrons. The number of carbonyl (C=O) groups is 3. The quantitative estimate of drug-likeness (QED) is 0.308. The molecule has 0 aromatic rings. The highest BCUT2D eigenvalue weighted by atomic mass is 16.4. The molecule has 2 aliphatic heterocycles. The Morgan fingerprint density at radius 1 is 0.955 bits per heavy atom. The van der Waals surface area contributed by atoms with Crippen molar-refractivity contribution in [1.29, 1.82) is 0 Å². The summed E-state index contributed by atoms with van der Waals surface area (Å²) in [6.07, 6.45) is 0. The molecule has 2 amide bonds. The van der Waals surface area contributed by atoms with E-state index in [0.29, 0.717) is 13.1 Å². The lowest BCUT2D eigenvalue weighted by Crippen LogP contribution is -2.49. The van der Waals surface area contributed by atoms with Gasteiger partial charge in [0.15, 0.2) is 0 Å². The maximum Gasteiger partial charge on any atom is 0.320 e. The number of nitrogens with two attached hydrogens (primary N) is 1. The fourth-order valence-electron chi connectivity index (χ4n) is 1.40. The van der Waals surface area contributed by atoms with Gasteiger partial charge in [-0.15, -0.1) is 0 Å². The van der Waals surface area contributed by atoms with Crippen molar-refractivity contribution in [1.82, 2.24) is 21.3 Å².